The number of hydrogen-bond acceptors (Lipinski definition) is 5. The lowest BCUT2D eigenvalue weighted by Gasteiger charge is -2.09. The van der Waals surface area contributed by atoms with Crippen molar-refractivity contribution in [2.24, 2.45) is 5.92 Å². The summed E-state index contributed by atoms with van der Waals surface area (Å²) in [5.74, 6) is 0.179. The van der Waals surface area contributed by atoms with Gasteiger partial charge in [-0.3, -0.25) is 19.4 Å². The van der Waals surface area contributed by atoms with Gasteiger partial charge in [-0.1, -0.05) is 19.9 Å². The van der Waals surface area contributed by atoms with E-state index >= 15 is 0 Å². The van der Waals surface area contributed by atoms with Gasteiger partial charge in [0.25, 0.3) is 5.56 Å². The molecule has 0 bridgehead atoms. The first-order valence-corrected chi connectivity index (χ1v) is 13.1. The second kappa shape index (κ2) is 15.2. The van der Waals surface area contributed by atoms with Crippen LogP contribution in [0.1, 0.15) is 44.5 Å². The third-order valence-electron chi connectivity index (χ3n) is 5.77. The molecule has 3 rings (SSSR count). The van der Waals surface area contributed by atoms with Gasteiger partial charge in [-0.15, -0.1) is 0 Å². The average Bonchev–Trinajstić information content (AvgIpc) is 3.29. The molecule has 0 spiro atoms. The van der Waals surface area contributed by atoms with Crippen LogP contribution in [0.5, 0.6) is 0 Å². The van der Waals surface area contributed by atoms with E-state index in [0.29, 0.717) is 25.3 Å². The number of aromatic nitrogens is 3. The Balaban J connectivity index is 0.000000840. The van der Waals surface area contributed by atoms with E-state index in [-0.39, 0.29) is 29.5 Å². The number of carboxylic acid groups (broad SMARTS) is 1. The Morgan fingerprint density at radius 3 is 2.48 bits per heavy atom. The van der Waals surface area contributed by atoms with Crippen molar-refractivity contribution in [2.45, 2.75) is 46.1 Å². The summed E-state index contributed by atoms with van der Waals surface area (Å²) < 4.78 is 1.57. The van der Waals surface area contributed by atoms with Crippen molar-refractivity contribution >= 4 is 34.5 Å². The van der Waals surface area contributed by atoms with Crippen molar-refractivity contribution in [1.82, 2.24) is 24.3 Å². The smallest absolute Gasteiger partial charge is 0.406 e. The molecule has 11 nitrogen and oxygen atoms in total. The number of hydrogen-bond donors (Lipinski definition) is 3. The van der Waals surface area contributed by atoms with Crippen LogP contribution in [0.3, 0.4) is 0 Å². The molecule has 216 valence electrons. The number of nitrogens with one attached hydrogen (secondary N) is 2. The first kappa shape index (κ1) is 31.8. The molecule has 0 aliphatic heterocycles. The van der Waals surface area contributed by atoms with E-state index in [2.05, 4.69) is 29.1 Å². The minimum absolute atomic E-state index is 0.0864. The minimum atomic E-state index is -0.907. The number of rotatable bonds is 10. The number of likely N-dealkylation sites (N-methyl/N-ethyl adjacent to an activating group) is 1. The molecular weight excluding hydrogens is 512 g/mol. The van der Waals surface area contributed by atoms with Gasteiger partial charge in [0, 0.05) is 58.1 Å². The number of allylic oxidation sites excluding steroid dienone is 1. The predicted molar refractivity (Wildman–Crippen MR) is 156 cm³/mol. The van der Waals surface area contributed by atoms with Crippen LogP contribution >= 0.6 is 0 Å². The van der Waals surface area contributed by atoms with Crippen molar-refractivity contribution < 1.29 is 19.5 Å². The fourth-order valence-corrected chi connectivity index (χ4v) is 3.66. The summed E-state index contributed by atoms with van der Waals surface area (Å²) in [5, 5.41) is 11.7. The number of carbonyl (C=O) groups excluding carboxylic acids is 2. The zero-order valence-electron chi connectivity index (χ0n) is 24.1. The maximum Gasteiger partial charge on any atom is 0.406 e. The molecule has 0 saturated heterocycles. The van der Waals surface area contributed by atoms with Crippen LogP contribution in [0.15, 0.2) is 53.6 Å². The van der Waals surface area contributed by atoms with Gasteiger partial charge in [-0.2, -0.15) is 0 Å². The van der Waals surface area contributed by atoms with E-state index in [1.54, 1.807) is 43.1 Å². The second-order valence-electron chi connectivity index (χ2n) is 10.2. The topological polar surface area (TPSA) is 141 Å². The Kier molecular flexibility index (Phi) is 12.1. The molecule has 0 aliphatic carbocycles. The van der Waals surface area contributed by atoms with Crippen LogP contribution < -0.4 is 10.9 Å². The van der Waals surface area contributed by atoms with Crippen molar-refractivity contribution in [3.63, 3.8) is 0 Å². The van der Waals surface area contributed by atoms with Crippen LogP contribution in [0.25, 0.3) is 10.9 Å². The molecule has 3 N–H and O–H groups in total. The summed E-state index contributed by atoms with van der Waals surface area (Å²) >= 11 is 0. The lowest BCUT2D eigenvalue weighted by Crippen LogP contribution is -2.25. The third kappa shape index (κ3) is 10.0. The van der Waals surface area contributed by atoms with E-state index in [0.717, 1.165) is 33.6 Å². The standard InChI is InChI=1S/C26H33N5O3.C3H7NO2/c1-18(2)15-22-25-19(12-13-27-22)16-20(28-25)17-31-14-8-9-21(26(31)34)29-23(32)10-6-5-7-11-24(33)30(3)4;1-4(2)3(5)6/h7-9,11-14,16,18,28H,5-6,10,15,17H2,1-4H3,(H,29,32);1-2H3,(H,5,6)/b11-7+;. The van der Waals surface area contributed by atoms with Crippen LogP contribution in [-0.4, -0.2) is 75.5 Å². The van der Waals surface area contributed by atoms with Crippen LogP contribution in [0.4, 0.5) is 10.5 Å². The van der Waals surface area contributed by atoms with Gasteiger partial charge in [0.05, 0.1) is 17.8 Å². The Labute approximate surface area is 234 Å². The number of amides is 3. The highest BCUT2D eigenvalue weighted by Gasteiger charge is 2.11. The van der Waals surface area contributed by atoms with E-state index in [4.69, 9.17) is 5.11 Å². The number of unbranched alkanes of at least 4 members (excludes halogenated alkanes) is 1. The molecule has 3 heterocycles. The molecule has 0 fully saturated rings. The average molecular weight is 553 g/mol. The predicted octanol–water partition coefficient (Wildman–Crippen LogP) is 3.95. The number of anilines is 1. The largest absolute Gasteiger partial charge is 0.465 e. The lowest BCUT2D eigenvalue weighted by molar-refractivity contribution is -0.123. The zero-order valence-corrected chi connectivity index (χ0v) is 24.1. The Morgan fingerprint density at radius 2 is 1.85 bits per heavy atom. The van der Waals surface area contributed by atoms with E-state index in [1.807, 2.05) is 18.3 Å². The summed E-state index contributed by atoms with van der Waals surface area (Å²) in [6, 6.07) is 7.36. The number of fused-ring (bicyclic) bond motifs is 1. The zero-order chi connectivity index (χ0) is 29.8. The van der Waals surface area contributed by atoms with Gasteiger partial charge in [-0.25, -0.2) is 4.79 Å². The molecular formula is C29H40N6O5. The van der Waals surface area contributed by atoms with Gasteiger partial charge >= 0.3 is 6.09 Å². The number of nitrogens with zero attached hydrogens (tertiary/aromatic N) is 4. The highest BCUT2D eigenvalue weighted by Crippen LogP contribution is 2.20. The summed E-state index contributed by atoms with van der Waals surface area (Å²) in [4.78, 5) is 56.9. The van der Waals surface area contributed by atoms with Gasteiger partial charge in [0.15, 0.2) is 0 Å². The summed E-state index contributed by atoms with van der Waals surface area (Å²) in [7, 11) is 6.32. The number of carbonyl (C=O) groups is 3. The summed E-state index contributed by atoms with van der Waals surface area (Å²) in [6.45, 7) is 4.68. The van der Waals surface area contributed by atoms with Crippen molar-refractivity contribution in [1.29, 1.82) is 0 Å². The van der Waals surface area contributed by atoms with Crippen molar-refractivity contribution in [3.05, 3.63) is 70.6 Å². The Bertz CT molecular complexity index is 1390. The molecule has 0 aliphatic rings. The molecule has 0 aromatic carbocycles. The molecule has 0 radical (unpaired) electrons. The quantitative estimate of drug-likeness (QED) is 0.257. The maximum atomic E-state index is 12.9. The van der Waals surface area contributed by atoms with Crippen LogP contribution in [0, 0.1) is 5.92 Å². The van der Waals surface area contributed by atoms with E-state index in [1.165, 1.54) is 25.1 Å². The SMILES string of the molecule is CC(C)Cc1nccc2cc(Cn3cccc(NC(=O)CCC/C=C/C(=O)N(C)C)c3=O)[nH]c12.CN(C)C(=O)O. The van der Waals surface area contributed by atoms with Gasteiger partial charge in [-0.05, 0) is 55.5 Å². The molecule has 3 aromatic rings. The Morgan fingerprint density at radius 1 is 1.15 bits per heavy atom. The lowest BCUT2D eigenvalue weighted by atomic mass is 10.1. The van der Waals surface area contributed by atoms with E-state index < -0.39 is 6.09 Å². The first-order chi connectivity index (χ1) is 18.9. The maximum absolute atomic E-state index is 12.9. The van der Waals surface area contributed by atoms with Gasteiger partial charge in [0.1, 0.15) is 5.69 Å². The molecule has 11 heteroatoms. The van der Waals surface area contributed by atoms with Gasteiger partial charge < -0.3 is 29.8 Å². The highest BCUT2D eigenvalue weighted by molar-refractivity contribution is 5.90. The number of aromatic amines is 1. The fraction of sp³-hybridized carbons (Fsp3) is 0.414. The normalized spacial score (nSPS) is 10.9. The molecule has 0 atom stereocenters. The summed E-state index contributed by atoms with van der Waals surface area (Å²) in [6.07, 6.45) is 8.22. The highest BCUT2D eigenvalue weighted by atomic mass is 16.4. The molecule has 3 aromatic heterocycles. The Hall–Kier alpha value is -4.41. The first-order valence-electron chi connectivity index (χ1n) is 13.1. The third-order valence-corrected chi connectivity index (χ3v) is 5.77. The second-order valence-corrected chi connectivity index (χ2v) is 10.2. The molecule has 0 saturated carbocycles. The summed E-state index contributed by atoms with van der Waals surface area (Å²) in [5.41, 5.74) is 2.92. The van der Waals surface area contributed by atoms with Gasteiger partial charge in [0.2, 0.25) is 11.8 Å². The molecule has 3 amide bonds. The molecule has 40 heavy (non-hydrogen) atoms. The van der Waals surface area contributed by atoms with Crippen molar-refractivity contribution in [2.75, 3.05) is 33.5 Å². The van der Waals surface area contributed by atoms with E-state index in [9.17, 15) is 19.2 Å². The van der Waals surface area contributed by atoms with Crippen LogP contribution in [0.2, 0.25) is 0 Å². The monoisotopic (exact) mass is 552 g/mol. The fourth-order valence-electron chi connectivity index (χ4n) is 3.66. The molecule has 0 unspecified atom stereocenters. The minimum Gasteiger partial charge on any atom is -0.465 e. The number of pyridine rings is 2. The van der Waals surface area contributed by atoms with Crippen LogP contribution in [-0.2, 0) is 22.6 Å². The van der Waals surface area contributed by atoms with Crippen molar-refractivity contribution in [3.8, 4) is 0 Å². The number of H-pyrrole nitrogens is 1.